The summed E-state index contributed by atoms with van der Waals surface area (Å²) in [4.78, 5) is 28.5. The number of fused-ring (bicyclic) bond motifs is 1. The van der Waals surface area contributed by atoms with Gasteiger partial charge < -0.3 is 10.3 Å². The Morgan fingerprint density at radius 1 is 1.50 bits per heavy atom. The summed E-state index contributed by atoms with van der Waals surface area (Å²) < 4.78 is 0.843. The molecule has 1 aromatic carbocycles. The standard InChI is InChI=1S/C10H8BrN3O2/c1-5(15)12-9-7-3-2-6(11)4-8(7)13-10(16)14-9/h2-4H,1H3,(H2,12,13,14,15,16). The number of H-pyrrole nitrogens is 1. The lowest BCUT2D eigenvalue weighted by Gasteiger charge is -2.05. The van der Waals surface area contributed by atoms with Crippen LogP contribution in [0.2, 0.25) is 0 Å². The Morgan fingerprint density at radius 2 is 2.25 bits per heavy atom. The van der Waals surface area contributed by atoms with E-state index in [-0.39, 0.29) is 11.7 Å². The van der Waals surface area contributed by atoms with Crippen molar-refractivity contribution in [3.05, 3.63) is 33.2 Å². The van der Waals surface area contributed by atoms with E-state index in [1.807, 2.05) is 6.07 Å². The van der Waals surface area contributed by atoms with Crippen molar-refractivity contribution in [1.29, 1.82) is 0 Å². The van der Waals surface area contributed by atoms with Crippen molar-refractivity contribution in [3.8, 4) is 0 Å². The second kappa shape index (κ2) is 4.05. The zero-order valence-electron chi connectivity index (χ0n) is 8.37. The molecular weight excluding hydrogens is 274 g/mol. The van der Waals surface area contributed by atoms with Crippen LogP contribution in [0.15, 0.2) is 27.5 Å². The van der Waals surface area contributed by atoms with E-state index in [2.05, 4.69) is 31.2 Å². The van der Waals surface area contributed by atoms with Gasteiger partial charge in [-0.3, -0.25) is 4.79 Å². The first kappa shape index (κ1) is 10.8. The van der Waals surface area contributed by atoms with Crippen molar-refractivity contribution in [2.75, 3.05) is 5.32 Å². The van der Waals surface area contributed by atoms with Crippen LogP contribution in [0.3, 0.4) is 0 Å². The molecule has 6 heteroatoms. The number of benzene rings is 1. The van der Waals surface area contributed by atoms with Crippen LogP contribution in [0, 0.1) is 0 Å². The zero-order chi connectivity index (χ0) is 11.7. The first-order valence-electron chi connectivity index (χ1n) is 4.53. The number of carbonyl (C=O) groups excluding carboxylic acids is 1. The van der Waals surface area contributed by atoms with Gasteiger partial charge >= 0.3 is 5.69 Å². The van der Waals surface area contributed by atoms with E-state index < -0.39 is 5.69 Å². The van der Waals surface area contributed by atoms with Crippen LogP contribution < -0.4 is 11.0 Å². The molecule has 16 heavy (non-hydrogen) atoms. The Bertz CT molecular complexity index is 621. The van der Waals surface area contributed by atoms with Crippen LogP contribution in [-0.4, -0.2) is 15.9 Å². The molecule has 0 atom stereocenters. The Balaban J connectivity index is 2.72. The number of hydrogen-bond donors (Lipinski definition) is 2. The number of anilines is 1. The minimum absolute atomic E-state index is 0.262. The van der Waals surface area contributed by atoms with Gasteiger partial charge in [0.25, 0.3) is 0 Å². The van der Waals surface area contributed by atoms with Crippen molar-refractivity contribution < 1.29 is 4.79 Å². The summed E-state index contributed by atoms with van der Waals surface area (Å²) in [6.45, 7) is 1.37. The molecule has 2 N–H and O–H groups in total. The molecule has 82 valence electrons. The number of nitrogens with one attached hydrogen (secondary N) is 2. The van der Waals surface area contributed by atoms with E-state index in [9.17, 15) is 9.59 Å². The van der Waals surface area contributed by atoms with E-state index in [4.69, 9.17) is 0 Å². The lowest BCUT2D eigenvalue weighted by atomic mass is 10.2. The lowest BCUT2D eigenvalue weighted by Crippen LogP contribution is -2.16. The molecule has 0 saturated heterocycles. The molecular formula is C10H8BrN3O2. The first-order valence-corrected chi connectivity index (χ1v) is 5.33. The van der Waals surface area contributed by atoms with Crippen molar-refractivity contribution in [1.82, 2.24) is 9.97 Å². The normalized spacial score (nSPS) is 10.4. The first-order chi connectivity index (χ1) is 7.56. The van der Waals surface area contributed by atoms with Crippen molar-refractivity contribution in [2.24, 2.45) is 0 Å². The summed E-state index contributed by atoms with van der Waals surface area (Å²) in [6.07, 6.45) is 0. The lowest BCUT2D eigenvalue weighted by molar-refractivity contribution is -0.114. The molecule has 1 amide bonds. The summed E-state index contributed by atoms with van der Waals surface area (Å²) in [5.41, 5.74) is 0.132. The zero-order valence-corrected chi connectivity index (χ0v) is 9.96. The quantitative estimate of drug-likeness (QED) is 0.835. The molecule has 0 unspecified atom stereocenters. The van der Waals surface area contributed by atoms with Gasteiger partial charge in [0.05, 0.1) is 5.52 Å². The minimum Gasteiger partial charge on any atom is -0.310 e. The maximum Gasteiger partial charge on any atom is 0.347 e. The Kier molecular flexibility index (Phi) is 2.74. The molecule has 2 rings (SSSR count). The SMILES string of the molecule is CC(=O)Nc1nc(=O)[nH]c2cc(Br)ccc12. The smallest absolute Gasteiger partial charge is 0.310 e. The molecule has 0 aliphatic rings. The van der Waals surface area contributed by atoms with Gasteiger partial charge in [0.2, 0.25) is 5.91 Å². The van der Waals surface area contributed by atoms with Crippen molar-refractivity contribution in [3.63, 3.8) is 0 Å². The molecule has 0 fully saturated rings. The topological polar surface area (TPSA) is 74.8 Å². The van der Waals surface area contributed by atoms with Crippen molar-refractivity contribution in [2.45, 2.75) is 6.92 Å². The highest BCUT2D eigenvalue weighted by molar-refractivity contribution is 9.10. The van der Waals surface area contributed by atoms with Gasteiger partial charge in [0.1, 0.15) is 5.82 Å². The highest BCUT2D eigenvalue weighted by Crippen LogP contribution is 2.21. The number of hydrogen-bond acceptors (Lipinski definition) is 3. The molecule has 1 heterocycles. The Hall–Kier alpha value is -1.69. The second-order valence-corrected chi connectivity index (χ2v) is 4.18. The van der Waals surface area contributed by atoms with Gasteiger partial charge in [0.15, 0.2) is 0 Å². The summed E-state index contributed by atoms with van der Waals surface area (Å²) in [5, 5.41) is 3.22. The fourth-order valence-electron chi connectivity index (χ4n) is 1.39. The molecule has 0 aliphatic carbocycles. The predicted octanol–water partition coefficient (Wildman–Crippen LogP) is 1.64. The monoisotopic (exact) mass is 281 g/mol. The molecule has 1 aromatic heterocycles. The highest BCUT2D eigenvalue weighted by Gasteiger charge is 2.06. The van der Waals surface area contributed by atoms with E-state index >= 15 is 0 Å². The predicted molar refractivity (Wildman–Crippen MR) is 64.4 cm³/mol. The van der Waals surface area contributed by atoms with E-state index in [1.165, 1.54) is 6.92 Å². The molecule has 2 aromatic rings. The van der Waals surface area contributed by atoms with Crippen molar-refractivity contribution >= 4 is 38.6 Å². The van der Waals surface area contributed by atoms with Crippen LogP contribution >= 0.6 is 15.9 Å². The van der Waals surface area contributed by atoms with Gasteiger partial charge in [-0.15, -0.1) is 0 Å². The Labute approximate surface area is 99.0 Å². The molecule has 0 bridgehead atoms. The third-order valence-corrected chi connectivity index (χ3v) is 2.48. The van der Waals surface area contributed by atoms with E-state index in [0.29, 0.717) is 10.9 Å². The Morgan fingerprint density at radius 3 is 2.94 bits per heavy atom. The van der Waals surface area contributed by atoms with E-state index in [1.54, 1.807) is 12.1 Å². The average Bonchev–Trinajstić information content (AvgIpc) is 2.15. The number of rotatable bonds is 1. The fraction of sp³-hybridized carbons (Fsp3) is 0.100. The number of carbonyl (C=O) groups is 1. The molecule has 0 radical (unpaired) electrons. The third-order valence-electron chi connectivity index (χ3n) is 1.99. The van der Waals surface area contributed by atoms with Crippen LogP contribution in [0.5, 0.6) is 0 Å². The largest absolute Gasteiger partial charge is 0.347 e. The molecule has 0 aliphatic heterocycles. The summed E-state index contributed by atoms with van der Waals surface area (Å²) in [6, 6.07) is 5.34. The molecule has 5 nitrogen and oxygen atoms in total. The van der Waals surface area contributed by atoms with Gasteiger partial charge in [-0.25, -0.2) is 4.79 Å². The van der Waals surface area contributed by atoms with Crippen LogP contribution in [0.25, 0.3) is 10.9 Å². The summed E-state index contributed by atoms with van der Waals surface area (Å²) in [5.74, 6) is 0.0149. The number of aromatic nitrogens is 2. The molecule has 0 saturated carbocycles. The third kappa shape index (κ3) is 2.11. The van der Waals surface area contributed by atoms with Gasteiger partial charge in [-0.05, 0) is 18.2 Å². The summed E-state index contributed by atoms with van der Waals surface area (Å²) >= 11 is 3.30. The maximum atomic E-state index is 11.3. The van der Waals surface area contributed by atoms with Gasteiger partial charge in [-0.1, -0.05) is 15.9 Å². The average molecular weight is 282 g/mol. The summed E-state index contributed by atoms with van der Waals surface area (Å²) in [7, 11) is 0. The van der Waals surface area contributed by atoms with Crippen LogP contribution in [0.1, 0.15) is 6.92 Å². The minimum atomic E-state index is -0.491. The van der Waals surface area contributed by atoms with Crippen LogP contribution in [-0.2, 0) is 4.79 Å². The molecule has 0 spiro atoms. The highest BCUT2D eigenvalue weighted by atomic mass is 79.9. The van der Waals surface area contributed by atoms with Gasteiger partial charge in [0, 0.05) is 16.8 Å². The fourth-order valence-corrected chi connectivity index (χ4v) is 1.75. The van der Waals surface area contributed by atoms with Gasteiger partial charge in [-0.2, -0.15) is 4.98 Å². The number of aromatic amines is 1. The number of halogens is 1. The maximum absolute atomic E-state index is 11.3. The number of amides is 1. The second-order valence-electron chi connectivity index (χ2n) is 3.26. The van der Waals surface area contributed by atoms with E-state index in [0.717, 1.165) is 4.47 Å². The van der Waals surface area contributed by atoms with Crippen LogP contribution in [0.4, 0.5) is 5.82 Å². The number of nitrogens with zero attached hydrogens (tertiary/aromatic N) is 1.